The van der Waals surface area contributed by atoms with Crippen molar-refractivity contribution in [2.24, 2.45) is 11.3 Å². The normalized spacial score (nSPS) is 28.9. The first-order chi connectivity index (χ1) is 13.0. The van der Waals surface area contributed by atoms with E-state index in [1.54, 1.807) is 13.8 Å². The number of carbonyl (C=O) groups excluding carboxylic acids is 1. The van der Waals surface area contributed by atoms with Crippen LogP contribution < -0.4 is 5.32 Å². The first-order valence-electron chi connectivity index (χ1n) is 10.6. The Hall–Kier alpha value is -0.830. The number of nitrogens with zero attached hydrogens (tertiary/aromatic N) is 3. The minimum absolute atomic E-state index is 0.143. The predicted octanol–water partition coefficient (Wildman–Crippen LogP) is 1.20. The number of alkyl halides is 2. The molecule has 2 atom stereocenters. The van der Waals surface area contributed by atoms with Crippen molar-refractivity contribution in [2.75, 3.05) is 45.8 Å². The van der Waals surface area contributed by atoms with E-state index in [0.717, 1.165) is 32.6 Å². The Kier molecular flexibility index (Phi) is 6.35. The van der Waals surface area contributed by atoms with Crippen LogP contribution in [0.15, 0.2) is 0 Å². The average molecular weight is 403 g/mol. The fourth-order valence-electron chi connectivity index (χ4n) is 4.65. The molecule has 8 heteroatoms. The summed E-state index contributed by atoms with van der Waals surface area (Å²) in [5, 5.41) is 12.5. The van der Waals surface area contributed by atoms with Gasteiger partial charge < -0.3 is 10.0 Å². The molecule has 0 bridgehead atoms. The Morgan fingerprint density at radius 1 is 1.14 bits per heavy atom. The summed E-state index contributed by atoms with van der Waals surface area (Å²) >= 11 is 0. The van der Waals surface area contributed by atoms with Gasteiger partial charge in [0.25, 0.3) is 5.92 Å². The summed E-state index contributed by atoms with van der Waals surface area (Å²) in [5.41, 5.74) is 0.290. The molecule has 28 heavy (non-hydrogen) atoms. The standard InChI is InChI=1S/C20H36F2N4O2/c1-14(2)18(28)23-16-5-7-25(13-20(16,21)22)17(27)9-24-8-6-19(10-24)11-26(12-19)15(3)4/h14-16,18,23,28H,5-13H2,1-4H3. The fourth-order valence-corrected chi connectivity index (χ4v) is 4.65. The van der Waals surface area contributed by atoms with E-state index in [9.17, 15) is 18.7 Å². The minimum atomic E-state index is -3.04. The van der Waals surface area contributed by atoms with Crippen molar-refractivity contribution in [3.63, 3.8) is 0 Å². The van der Waals surface area contributed by atoms with Gasteiger partial charge in [-0.15, -0.1) is 0 Å². The highest BCUT2D eigenvalue weighted by Gasteiger charge is 2.49. The van der Waals surface area contributed by atoms with Crippen LogP contribution in [0, 0.1) is 11.3 Å². The van der Waals surface area contributed by atoms with E-state index in [0.29, 0.717) is 18.0 Å². The lowest BCUT2D eigenvalue weighted by Gasteiger charge is -2.50. The summed E-state index contributed by atoms with van der Waals surface area (Å²) in [6.07, 6.45) is 0.265. The first-order valence-corrected chi connectivity index (χ1v) is 10.6. The molecule has 2 N–H and O–H groups in total. The van der Waals surface area contributed by atoms with Gasteiger partial charge in [-0.1, -0.05) is 13.8 Å². The van der Waals surface area contributed by atoms with E-state index >= 15 is 0 Å². The van der Waals surface area contributed by atoms with Gasteiger partial charge >= 0.3 is 0 Å². The molecule has 0 aliphatic carbocycles. The number of hydrogen-bond acceptors (Lipinski definition) is 5. The van der Waals surface area contributed by atoms with Crippen LogP contribution >= 0.6 is 0 Å². The van der Waals surface area contributed by atoms with E-state index in [1.165, 1.54) is 4.90 Å². The molecule has 0 aromatic heterocycles. The second-order valence-electron chi connectivity index (χ2n) is 9.73. The lowest BCUT2D eigenvalue weighted by Crippen LogP contribution is -2.61. The second-order valence-corrected chi connectivity index (χ2v) is 9.73. The Labute approximate surface area is 167 Å². The van der Waals surface area contributed by atoms with E-state index in [-0.39, 0.29) is 24.8 Å². The van der Waals surface area contributed by atoms with Crippen LogP contribution in [0.2, 0.25) is 0 Å². The van der Waals surface area contributed by atoms with Crippen molar-refractivity contribution in [2.45, 2.75) is 64.8 Å². The monoisotopic (exact) mass is 402 g/mol. The molecule has 0 aromatic rings. The number of aliphatic hydroxyl groups is 1. The van der Waals surface area contributed by atoms with E-state index in [2.05, 4.69) is 29.0 Å². The Bertz CT molecular complexity index is 566. The van der Waals surface area contributed by atoms with E-state index in [4.69, 9.17) is 0 Å². The Morgan fingerprint density at radius 3 is 2.39 bits per heavy atom. The molecule has 3 saturated heterocycles. The van der Waals surface area contributed by atoms with Gasteiger partial charge in [0, 0.05) is 37.6 Å². The number of rotatable bonds is 6. The molecule has 2 unspecified atom stereocenters. The predicted molar refractivity (Wildman–Crippen MR) is 104 cm³/mol. The number of hydrogen-bond donors (Lipinski definition) is 2. The van der Waals surface area contributed by atoms with Gasteiger partial charge in [0.15, 0.2) is 0 Å². The average Bonchev–Trinajstić information content (AvgIpc) is 2.98. The largest absolute Gasteiger partial charge is 0.378 e. The van der Waals surface area contributed by atoms with Crippen molar-refractivity contribution in [3.05, 3.63) is 0 Å². The maximum absolute atomic E-state index is 14.5. The third-order valence-electron chi connectivity index (χ3n) is 6.64. The summed E-state index contributed by atoms with van der Waals surface area (Å²) in [4.78, 5) is 18.5. The van der Waals surface area contributed by atoms with Gasteiger partial charge in [-0.25, -0.2) is 8.78 Å². The number of piperidine rings is 1. The van der Waals surface area contributed by atoms with E-state index in [1.807, 2.05) is 0 Å². The van der Waals surface area contributed by atoms with Crippen molar-refractivity contribution in [1.82, 2.24) is 20.0 Å². The molecule has 6 nitrogen and oxygen atoms in total. The molecular formula is C20H36F2N4O2. The number of aliphatic hydroxyl groups excluding tert-OH is 1. The minimum Gasteiger partial charge on any atom is -0.378 e. The number of amides is 1. The molecule has 0 aromatic carbocycles. The Balaban J connectivity index is 1.47. The van der Waals surface area contributed by atoms with Gasteiger partial charge in [-0.05, 0) is 39.2 Å². The molecule has 3 rings (SSSR count). The smallest absolute Gasteiger partial charge is 0.280 e. The van der Waals surface area contributed by atoms with Crippen molar-refractivity contribution in [3.8, 4) is 0 Å². The first kappa shape index (κ1) is 21.9. The Morgan fingerprint density at radius 2 is 1.82 bits per heavy atom. The number of halogens is 2. The zero-order valence-electron chi connectivity index (χ0n) is 17.6. The fraction of sp³-hybridized carbons (Fsp3) is 0.950. The van der Waals surface area contributed by atoms with Crippen molar-refractivity contribution >= 4 is 5.91 Å². The molecule has 0 radical (unpaired) electrons. The third kappa shape index (κ3) is 4.66. The SMILES string of the molecule is CC(C)C(O)NC1CCN(C(=O)CN2CCC3(C2)CN(C(C)C)C3)CC1(F)F. The van der Waals surface area contributed by atoms with Crippen LogP contribution in [-0.2, 0) is 4.79 Å². The molecule has 162 valence electrons. The summed E-state index contributed by atoms with van der Waals surface area (Å²) in [6, 6.07) is -0.548. The van der Waals surface area contributed by atoms with Gasteiger partial charge in [0.1, 0.15) is 6.23 Å². The van der Waals surface area contributed by atoms with Crippen molar-refractivity contribution < 1.29 is 18.7 Å². The van der Waals surface area contributed by atoms with Crippen LogP contribution in [0.3, 0.4) is 0 Å². The zero-order valence-corrected chi connectivity index (χ0v) is 17.6. The lowest BCUT2D eigenvalue weighted by atomic mass is 9.78. The highest BCUT2D eigenvalue weighted by atomic mass is 19.3. The maximum atomic E-state index is 14.5. The van der Waals surface area contributed by atoms with Crippen LogP contribution in [0.4, 0.5) is 8.78 Å². The summed E-state index contributed by atoms with van der Waals surface area (Å²) in [5.74, 6) is -3.39. The number of likely N-dealkylation sites (tertiary alicyclic amines) is 3. The molecule has 1 amide bonds. The molecule has 3 fully saturated rings. The van der Waals surface area contributed by atoms with Gasteiger partial charge in [0.05, 0.1) is 19.1 Å². The molecule has 1 spiro atoms. The van der Waals surface area contributed by atoms with Gasteiger partial charge in [-0.3, -0.25) is 19.9 Å². The molecule has 3 aliphatic heterocycles. The maximum Gasteiger partial charge on any atom is 0.280 e. The second kappa shape index (κ2) is 8.13. The highest BCUT2D eigenvalue weighted by molar-refractivity contribution is 5.78. The van der Waals surface area contributed by atoms with Crippen LogP contribution in [-0.4, -0.2) is 95.8 Å². The number of carbonyl (C=O) groups is 1. The summed E-state index contributed by atoms with van der Waals surface area (Å²) in [7, 11) is 0. The van der Waals surface area contributed by atoms with Crippen LogP contribution in [0.1, 0.15) is 40.5 Å². The molecule has 3 heterocycles. The van der Waals surface area contributed by atoms with Gasteiger partial charge in [0.2, 0.25) is 5.91 Å². The topological polar surface area (TPSA) is 59.1 Å². The van der Waals surface area contributed by atoms with Crippen LogP contribution in [0.5, 0.6) is 0 Å². The van der Waals surface area contributed by atoms with E-state index < -0.39 is 24.7 Å². The summed E-state index contributed by atoms with van der Waals surface area (Å²) < 4.78 is 29.1. The zero-order chi connectivity index (χ0) is 20.7. The van der Waals surface area contributed by atoms with Crippen LogP contribution in [0.25, 0.3) is 0 Å². The molecule has 3 aliphatic rings. The molecule has 0 saturated carbocycles. The molecular weight excluding hydrogens is 366 g/mol. The highest BCUT2D eigenvalue weighted by Crippen LogP contribution is 2.40. The van der Waals surface area contributed by atoms with Gasteiger partial charge in [-0.2, -0.15) is 0 Å². The summed E-state index contributed by atoms with van der Waals surface area (Å²) in [6.45, 7) is 11.8. The quantitative estimate of drug-likeness (QED) is 0.654. The third-order valence-corrected chi connectivity index (χ3v) is 6.64. The lowest BCUT2D eigenvalue weighted by molar-refractivity contribution is -0.148. The number of nitrogens with one attached hydrogen (secondary N) is 1. The van der Waals surface area contributed by atoms with Crippen molar-refractivity contribution in [1.29, 1.82) is 0 Å².